The first-order valence-electron chi connectivity index (χ1n) is 7.39. The molecule has 0 saturated carbocycles. The fourth-order valence-corrected chi connectivity index (χ4v) is 3.59. The van der Waals surface area contributed by atoms with Gasteiger partial charge in [-0.25, -0.2) is 0 Å². The van der Waals surface area contributed by atoms with Crippen LogP contribution in [0.4, 0.5) is 0 Å². The van der Waals surface area contributed by atoms with E-state index in [-0.39, 0.29) is 6.04 Å². The Morgan fingerprint density at radius 1 is 1.14 bits per heavy atom. The van der Waals surface area contributed by atoms with Crippen LogP contribution in [0.3, 0.4) is 0 Å². The Labute approximate surface area is 129 Å². The van der Waals surface area contributed by atoms with Crippen LogP contribution in [0.1, 0.15) is 36.1 Å². The molecule has 0 aromatic heterocycles. The Morgan fingerprint density at radius 2 is 1.86 bits per heavy atom. The lowest BCUT2D eigenvalue weighted by atomic mass is 10.0. The second-order valence-corrected chi connectivity index (χ2v) is 6.92. The van der Waals surface area contributed by atoms with E-state index in [2.05, 4.69) is 31.2 Å². The highest BCUT2D eigenvalue weighted by Crippen LogP contribution is 2.17. The highest BCUT2D eigenvalue weighted by Gasteiger charge is 2.12. The monoisotopic (exact) mass is 301 g/mol. The summed E-state index contributed by atoms with van der Waals surface area (Å²) in [5, 5.41) is 0. The maximum atomic E-state index is 12.4. The van der Waals surface area contributed by atoms with Gasteiger partial charge in [-0.15, -0.1) is 0 Å². The van der Waals surface area contributed by atoms with Crippen molar-refractivity contribution in [3.63, 3.8) is 0 Å². The van der Waals surface area contributed by atoms with Crippen molar-refractivity contribution in [2.75, 3.05) is 5.75 Å². The molecule has 0 aliphatic carbocycles. The van der Waals surface area contributed by atoms with Crippen LogP contribution in [-0.4, -0.2) is 9.96 Å². The summed E-state index contributed by atoms with van der Waals surface area (Å²) in [6.07, 6.45) is 2.23. The molecule has 0 fully saturated rings. The molecular formula is C18H23NOS. The summed E-state index contributed by atoms with van der Waals surface area (Å²) in [4.78, 5) is 0.855. The topological polar surface area (TPSA) is 43.1 Å². The van der Waals surface area contributed by atoms with Crippen LogP contribution in [0.25, 0.3) is 0 Å². The summed E-state index contributed by atoms with van der Waals surface area (Å²) < 4.78 is 12.4. The summed E-state index contributed by atoms with van der Waals surface area (Å²) in [7, 11) is -1.06. The van der Waals surface area contributed by atoms with E-state index in [9.17, 15) is 4.21 Å². The second kappa shape index (κ2) is 7.53. The number of hydrogen-bond donors (Lipinski definition) is 1. The van der Waals surface area contributed by atoms with Crippen molar-refractivity contribution < 1.29 is 4.21 Å². The van der Waals surface area contributed by atoms with Gasteiger partial charge in [-0.2, -0.15) is 0 Å². The van der Waals surface area contributed by atoms with E-state index in [1.807, 2.05) is 31.2 Å². The van der Waals surface area contributed by atoms with E-state index in [1.54, 1.807) is 0 Å². The highest BCUT2D eigenvalue weighted by atomic mass is 32.2. The molecule has 0 heterocycles. The molecule has 2 unspecified atom stereocenters. The van der Waals surface area contributed by atoms with Crippen LogP contribution in [0.15, 0.2) is 53.4 Å². The molecular weight excluding hydrogens is 278 g/mol. The molecule has 0 saturated heterocycles. The highest BCUT2D eigenvalue weighted by molar-refractivity contribution is 7.85. The van der Waals surface area contributed by atoms with E-state index in [0.717, 1.165) is 28.9 Å². The van der Waals surface area contributed by atoms with Crippen molar-refractivity contribution in [2.45, 2.75) is 37.6 Å². The van der Waals surface area contributed by atoms with Crippen LogP contribution >= 0.6 is 0 Å². The van der Waals surface area contributed by atoms with Gasteiger partial charge in [-0.1, -0.05) is 49.7 Å². The van der Waals surface area contributed by atoms with Crippen LogP contribution in [0, 0.1) is 6.92 Å². The third kappa shape index (κ3) is 4.51. The lowest BCUT2D eigenvalue weighted by Gasteiger charge is -2.13. The van der Waals surface area contributed by atoms with E-state index >= 15 is 0 Å². The second-order valence-electron chi connectivity index (χ2n) is 5.43. The van der Waals surface area contributed by atoms with Crippen LogP contribution in [0.2, 0.25) is 0 Å². The van der Waals surface area contributed by atoms with Crippen LogP contribution in [0.5, 0.6) is 0 Å². The maximum Gasteiger partial charge on any atom is 0.0548 e. The molecule has 0 amide bonds. The first-order valence-corrected chi connectivity index (χ1v) is 8.71. The summed E-state index contributed by atoms with van der Waals surface area (Å²) >= 11 is 0. The standard InChI is InChI=1S/C18H23NOS/c1-3-5-15-8-10-16(11-9-15)18(19)13-21(20)17-7-4-6-14(2)12-17/h4,6-12,18H,3,5,13,19H2,1-2H3. The summed E-state index contributed by atoms with van der Waals surface area (Å²) in [6, 6.07) is 16.0. The van der Waals surface area contributed by atoms with Crippen molar-refractivity contribution >= 4 is 10.8 Å². The van der Waals surface area contributed by atoms with Gasteiger partial charge < -0.3 is 5.73 Å². The molecule has 0 aliphatic rings. The smallest absolute Gasteiger partial charge is 0.0548 e. The normalized spacial score (nSPS) is 13.9. The van der Waals surface area contributed by atoms with Gasteiger partial charge in [-0.05, 0) is 42.2 Å². The average molecular weight is 301 g/mol. The Hall–Kier alpha value is -1.45. The summed E-state index contributed by atoms with van der Waals surface area (Å²) in [5.41, 5.74) is 9.70. The molecule has 0 aliphatic heterocycles. The van der Waals surface area contributed by atoms with Gasteiger partial charge >= 0.3 is 0 Å². The average Bonchev–Trinajstić information content (AvgIpc) is 2.48. The minimum Gasteiger partial charge on any atom is -0.323 e. The van der Waals surface area contributed by atoms with Gasteiger partial charge in [0.05, 0.1) is 10.8 Å². The molecule has 2 aromatic rings. The zero-order chi connectivity index (χ0) is 15.2. The fourth-order valence-electron chi connectivity index (χ4n) is 2.33. The zero-order valence-electron chi connectivity index (χ0n) is 12.7. The SMILES string of the molecule is CCCc1ccc(C(N)CS(=O)c2cccc(C)c2)cc1. The number of aryl methyl sites for hydroxylation is 2. The van der Waals surface area contributed by atoms with E-state index < -0.39 is 10.8 Å². The van der Waals surface area contributed by atoms with Crippen molar-refractivity contribution in [3.05, 3.63) is 65.2 Å². The predicted molar refractivity (Wildman–Crippen MR) is 89.8 cm³/mol. The Balaban J connectivity index is 2.03. The van der Waals surface area contributed by atoms with Gasteiger partial charge in [0.2, 0.25) is 0 Å². The molecule has 21 heavy (non-hydrogen) atoms. The molecule has 0 radical (unpaired) electrons. The molecule has 3 heteroatoms. The molecule has 0 bridgehead atoms. The summed E-state index contributed by atoms with van der Waals surface area (Å²) in [6.45, 7) is 4.18. The fraction of sp³-hybridized carbons (Fsp3) is 0.333. The van der Waals surface area contributed by atoms with Crippen LogP contribution in [-0.2, 0) is 17.2 Å². The van der Waals surface area contributed by atoms with Crippen molar-refractivity contribution in [2.24, 2.45) is 5.73 Å². The van der Waals surface area contributed by atoms with E-state index in [4.69, 9.17) is 5.73 Å². The van der Waals surface area contributed by atoms with Gasteiger partial charge in [0.1, 0.15) is 0 Å². The zero-order valence-corrected chi connectivity index (χ0v) is 13.5. The minimum atomic E-state index is -1.06. The molecule has 2 atom stereocenters. The first-order chi connectivity index (χ1) is 10.1. The van der Waals surface area contributed by atoms with Crippen molar-refractivity contribution in [3.8, 4) is 0 Å². The minimum absolute atomic E-state index is 0.193. The van der Waals surface area contributed by atoms with Gasteiger partial charge in [-0.3, -0.25) is 4.21 Å². The molecule has 2 N–H and O–H groups in total. The van der Waals surface area contributed by atoms with Crippen molar-refractivity contribution in [1.29, 1.82) is 0 Å². The quantitative estimate of drug-likeness (QED) is 0.883. The summed E-state index contributed by atoms with van der Waals surface area (Å²) in [5.74, 6) is 0.455. The third-order valence-corrected chi connectivity index (χ3v) is 4.97. The van der Waals surface area contributed by atoms with E-state index in [0.29, 0.717) is 5.75 Å². The van der Waals surface area contributed by atoms with Gasteiger partial charge in [0.15, 0.2) is 0 Å². The van der Waals surface area contributed by atoms with Crippen LogP contribution < -0.4 is 5.73 Å². The van der Waals surface area contributed by atoms with Gasteiger partial charge in [0, 0.05) is 16.7 Å². The number of nitrogens with two attached hydrogens (primary N) is 1. The largest absolute Gasteiger partial charge is 0.323 e. The predicted octanol–water partition coefficient (Wildman–Crippen LogP) is 3.76. The molecule has 112 valence electrons. The Bertz CT molecular complexity index is 607. The number of rotatable bonds is 6. The Kier molecular flexibility index (Phi) is 5.71. The molecule has 2 aromatic carbocycles. The lowest BCUT2D eigenvalue weighted by Crippen LogP contribution is -2.18. The number of hydrogen-bond acceptors (Lipinski definition) is 2. The lowest BCUT2D eigenvalue weighted by molar-refractivity contribution is 0.675. The number of benzene rings is 2. The molecule has 0 spiro atoms. The Morgan fingerprint density at radius 3 is 2.48 bits per heavy atom. The van der Waals surface area contributed by atoms with Crippen molar-refractivity contribution in [1.82, 2.24) is 0 Å². The molecule has 2 rings (SSSR count). The first kappa shape index (κ1) is 15.9. The van der Waals surface area contributed by atoms with Gasteiger partial charge in [0.25, 0.3) is 0 Å². The maximum absolute atomic E-state index is 12.4. The van der Waals surface area contributed by atoms with E-state index in [1.165, 1.54) is 5.56 Å². The molecule has 2 nitrogen and oxygen atoms in total. The third-order valence-electron chi connectivity index (χ3n) is 3.53.